The first-order valence-electron chi connectivity index (χ1n) is 12.1. The SMILES string of the molecule is CC(=O)N1CCN(c2cccc(-c3cc(-c4cnn(CC(C)O)c4)c4c(N)ncnn34)c2)C(=O)C1(C)C. The first-order valence-corrected chi connectivity index (χ1v) is 12.1. The lowest BCUT2D eigenvalue weighted by Gasteiger charge is -2.45. The van der Waals surface area contributed by atoms with Crippen molar-refractivity contribution < 1.29 is 14.7 Å². The number of nitrogens with zero attached hydrogens (tertiary/aromatic N) is 7. The van der Waals surface area contributed by atoms with E-state index in [2.05, 4.69) is 15.2 Å². The molecule has 4 heterocycles. The zero-order valence-electron chi connectivity index (χ0n) is 21.3. The molecule has 4 aromatic rings. The number of amides is 2. The number of carbonyl (C=O) groups is 2. The van der Waals surface area contributed by atoms with Gasteiger partial charge < -0.3 is 20.6 Å². The lowest BCUT2D eigenvalue weighted by molar-refractivity contribution is -0.145. The van der Waals surface area contributed by atoms with Gasteiger partial charge in [0.15, 0.2) is 5.82 Å². The highest BCUT2D eigenvalue weighted by Crippen LogP contribution is 2.36. The van der Waals surface area contributed by atoms with Gasteiger partial charge in [-0.25, -0.2) is 9.50 Å². The predicted molar refractivity (Wildman–Crippen MR) is 140 cm³/mol. The monoisotopic (exact) mass is 502 g/mol. The Morgan fingerprint density at radius 1 is 1.19 bits per heavy atom. The highest BCUT2D eigenvalue weighted by atomic mass is 16.3. The molecule has 3 aromatic heterocycles. The van der Waals surface area contributed by atoms with Gasteiger partial charge in [-0.2, -0.15) is 10.2 Å². The maximum atomic E-state index is 13.4. The molecule has 37 heavy (non-hydrogen) atoms. The zero-order chi connectivity index (χ0) is 26.5. The van der Waals surface area contributed by atoms with Gasteiger partial charge in [-0.3, -0.25) is 14.3 Å². The fraction of sp³-hybridized carbons (Fsp3) is 0.346. The minimum atomic E-state index is -0.942. The van der Waals surface area contributed by atoms with Crippen LogP contribution in [-0.4, -0.2) is 70.9 Å². The quantitative estimate of drug-likeness (QED) is 0.427. The molecule has 11 nitrogen and oxygen atoms in total. The van der Waals surface area contributed by atoms with E-state index in [4.69, 9.17) is 5.73 Å². The molecule has 1 unspecified atom stereocenters. The van der Waals surface area contributed by atoms with E-state index < -0.39 is 11.6 Å². The molecule has 11 heteroatoms. The Hall–Kier alpha value is -4.25. The number of rotatable bonds is 5. The van der Waals surface area contributed by atoms with E-state index >= 15 is 0 Å². The first kappa shape index (κ1) is 24.4. The number of benzene rings is 1. The van der Waals surface area contributed by atoms with E-state index in [1.165, 1.54) is 13.3 Å². The number of nitrogen functional groups attached to an aromatic ring is 1. The van der Waals surface area contributed by atoms with Crippen molar-refractivity contribution in [3.63, 3.8) is 0 Å². The number of piperazine rings is 1. The molecule has 3 N–H and O–H groups in total. The molecule has 1 atom stereocenters. The number of aliphatic hydroxyl groups is 1. The van der Waals surface area contributed by atoms with Crippen LogP contribution in [0, 0.1) is 0 Å². The summed E-state index contributed by atoms with van der Waals surface area (Å²) in [6.45, 7) is 7.97. The molecule has 0 radical (unpaired) electrons. The number of carbonyl (C=O) groups excluding carboxylic acids is 2. The molecule has 1 saturated heterocycles. The fourth-order valence-electron chi connectivity index (χ4n) is 5.02. The van der Waals surface area contributed by atoms with Crippen LogP contribution in [0.25, 0.3) is 27.9 Å². The van der Waals surface area contributed by atoms with Crippen molar-refractivity contribution in [2.45, 2.75) is 45.9 Å². The fourth-order valence-corrected chi connectivity index (χ4v) is 5.02. The van der Waals surface area contributed by atoms with Gasteiger partial charge in [0.2, 0.25) is 5.91 Å². The Balaban J connectivity index is 1.57. The highest BCUT2D eigenvalue weighted by Gasteiger charge is 2.43. The van der Waals surface area contributed by atoms with Gasteiger partial charge in [-0.15, -0.1) is 0 Å². The number of fused-ring (bicyclic) bond motifs is 1. The summed E-state index contributed by atoms with van der Waals surface area (Å²) in [7, 11) is 0. The van der Waals surface area contributed by atoms with Crippen molar-refractivity contribution >= 4 is 28.8 Å². The third-order valence-electron chi connectivity index (χ3n) is 6.80. The molecule has 0 saturated carbocycles. The molecule has 0 bridgehead atoms. The van der Waals surface area contributed by atoms with E-state index in [0.717, 1.165) is 28.1 Å². The summed E-state index contributed by atoms with van der Waals surface area (Å²) in [5, 5.41) is 18.6. The summed E-state index contributed by atoms with van der Waals surface area (Å²) in [4.78, 5) is 33.0. The third kappa shape index (κ3) is 4.20. The van der Waals surface area contributed by atoms with E-state index in [-0.39, 0.29) is 11.8 Å². The Morgan fingerprint density at radius 3 is 2.70 bits per heavy atom. The topological polar surface area (TPSA) is 135 Å². The molecule has 0 aliphatic carbocycles. The molecule has 192 valence electrons. The second kappa shape index (κ2) is 9.00. The smallest absolute Gasteiger partial charge is 0.252 e. The van der Waals surface area contributed by atoms with Crippen LogP contribution in [0.15, 0.2) is 49.1 Å². The number of aromatic nitrogens is 5. The van der Waals surface area contributed by atoms with Gasteiger partial charge in [0, 0.05) is 48.6 Å². The van der Waals surface area contributed by atoms with Gasteiger partial charge in [0.1, 0.15) is 17.4 Å². The maximum absolute atomic E-state index is 13.4. The normalized spacial score (nSPS) is 16.4. The van der Waals surface area contributed by atoms with Crippen molar-refractivity contribution in [3.8, 4) is 22.4 Å². The Kier molecular flexibility index (Phi) is 5.95. The van der Waals surface area contributed by atoms with Crippen LogP contribution in [0.4, 0.5) is 11.5 Å². The second-order valence-corrected chi connectivity index (χ2v) is 9.89. The molecular formula is C26H30N8O3. The molecule has 1 aromatic carbocycles. The second-order valence-electron chi connectivity index (χ2n) is 9.89. The van der Waals surface area contributed by atoms with Crippen LogP contribution >= 0.6 is 0 Å². The molecule has 1 fully saturated rings. The van der Waals surface area contributed by atoms with Crippen LogP contribution in [0.5, 0.6) is 0 Å². The van der Waals surface area contributed by atoms with Gasteiger partial charge in [-0.05, 0) is 39.0 Å². The lowest BCUT2D eigenvalue weighted by Crippen LogP contribution is -2.64. The minimum absolute atomic E-state index is 0.118. The number of anilines is 2. The van der Waals surface area contributed by atoms with Gasteiger partial charge in [0.25, 0.3) is 5.91 Å². The van der Waals surface area contributed by atoms with E-state index in [0.29, 0.717) is 31.0 Å². The van der Waals surface area contributed by atoms with E-state index in [1.807, 2.05) is 36.5 Å². The van der Waals surface area contributed by atoms with Crippen LogP contribution in [0.2, 0.25) is 0 Å². The molecule has 0 spiro atoms. The summed E-state index contributed by atoms with van der Waals surface area (Å²) in [5.41, 5.74) is 9.97. The first-order chi connectivity index (χ1) is 17.6. The average molecular weight is 503 g/mol. The van der Waals surface area contributed by atoms with Gasteiger partial charge in [0.05, 0.1) is 24.5 Å². The molecule has 1 aliphatic rings. The molecule has 2 amide bonds. The van der Waals surface area contributed by atoms with Crippen molar-refractivity contribution in [1.82, 2.24) is 29.3 Å². The molecular weight excluding hydrogens is 472 g/mol. The minimum Gasteiger partial charge on any atom is -0.391 e. The van der Waals surface area contributed by atoms with Gasteiger partial charge in [-0.1, -0.05) is 12.1 Å². The van der Waals surface area contributed by atoms with Crippen LogP contribution < -0.4 is 10.6 Å². The summed E-state index contributed by atoms with van der Waals surface area (Å²) >= 11 is 0. The number of nitrogens with two attached hydrogens (primary N) is 1. The molecule has 5 rings (SSSR count). The number of hydrogen-bond donors (Lipinski definition) is 2. The number of aliphatic hydroxyl groups excluding tert-OH is 1. The largest absolute Gasteiger partial charge is 0.391 e. The van der Waals surface area contributed by atoms with E-state index in [9.17, 15) is 14.7 Å². The van der Waals surface area contributed by atoms with Crippen molar-refractivity contribution in [1.29, 1.82) is 0 Å². The van der Waals surface area contributed by atoms with Gasteiger partial charge >= 0.3 is 0 Å². The van der Waals surface area contributed by atoms with Crippen molar-refractivity contribution in [3.05, 3.63) is 49.1 Å². The van der Waals surface area contributed by atoms with Crippen LogP contribution in [0.3, 0.4) is 0 Å². The summed E-state index contributed by atoms with van der Waals surface area (Å²) in [6.07, 6.45) is 4.45. The Bertz CT molecular complexity index is 1500. The predicted octanol–water partition coefficient (Wildman–Crippen LogP) is 2.20. The standard InChI is InChI=1S/C26H30N8O3/c1-16(35)13-31-14-19(12-29-31)21-11-22(34-23(21)24(27)28-15-30-34)18-6-5-7-20(10-18)32-8-9-33(17(2)36)26(3,4)25(32)37/h5-7,10-12,14-16,35H,8-9,13H2,1-4H3,(H2,27,28,30). The Morgan fingerprint density at radius 2 is 1.97 bits per heavy atom. The summed E-state index contributed by atoms with van der Waals surface area (Å²) < 4.78 is 3.42. The van der Waals surface area contributed by atoms with Crippen molar-refractivity contribution in [2.75, 3.05) is 23.7 Å². The summed E-state index contributed by atoms with van der Waals surface area (Å²) in [5.74, 6) is 0.0739. The Labute approximate surface area is 214 Å². The lowest BCUT2D eigenvalue weighted by atomic mass is 9.96. The molecule has 1 aliphatic heterocycles. The van der Waals surface area contributed by atoms with Crippen molar-refractivity contribution in [2.24, 2.45) is 0 Å². The van der Waals surface area contributed by atoms with E-state index in [1.54, 1.807) is 46.0 Å². The third-order valence-corrected chi connectivity index (χ3v) is 6.80. The zero-order valence-corrected chi connectivity index (χ0v) is 21.3. The van der Waals surface area contributed by atoms with Crippen LogP contribution in [-0.2, 0) is 16.1 Å². The number of hydrogen-bond acceptors (Lipinski definition) is 7. The maximum Gasteiger partial charge on any atom is 0.252 e. The average Bonchev–Trinajstić information content (AvgIpc) is 3.45. The summed E-state index contributed by atoms with van der Waals surface area (Å²) in [6, 6.07) is 9.65. The highest BCUT2D eigenvalue weighted by molar-refractivity contribution is 6.03. The van der Waals surface area contributed by atoms with Crippen LogP contribution in [0.1, 0.15) is 27.7 Å².